The van der Waals surface area contributed by atoms with Crippen LogP contribution in [0.3, 0.4) is 0 Å². The molecule has 2 aromatic carbocycles. The number of aromatic nitrogens is 4. The molecular weight excluding hydrogens is 354 g/mol. The minimum atomic E-state index is 0. The van der Waals surface area contributed by atoms with Crippen molar-refractivity contribution in [3.05, 3.63) is 54.9 Å². The molecule has 0 spiro atoms. The molecule has 26 heavy (non-hydrogen) atoms. The first-order valence-corrected chi connectivity index (χ1v) is 7.49. The Morgan fingerprint density at radius 3 is 1.92 bits per heavy atom. The van der Waals surface area contributed by atoms with Crippen LogP contribution in [-0.2, 0) is 0 Å². The van der Waals surface area contributed by atoms with E-state index in [-0.39, 0.29) is 29.7 Å². The second-order valence-electron chi connectivity index (χ2n) is 5.45. The van der Waals surface area contributed by atoms with Crippen molar-refractivity contribution in [2.45, 2.75) is 0 Å². The molecule has 4 rings (SSSR count). The highest BCUT2D eigenvalue weighted by atomic mass is 35.5. The number of benzene rings is 2. The zero-order chi connectivity index (χ0) is 17.4. The Bertz CT molecular complexity index is 1100. The summed E-state index contributed by atoms with van der Waals surface area (Å²) in [5.41, 5.74) is 9.00. The Morgan fingerprint density at radius 2 is 1.35 bits per heavy atom. The highest BCUT2D eigenvalue weighted by molar-refractivity contribution is 5.89. The van der Waals surface area contributed by atoms with Gasteiger partial charge in [-0.15, -0.1) is 12.4 Å². The van der Waals surface area contributed by atoms with E-state index in [1.165, 1.54) is 6.33 Å². The van der Waals surface area contributed by atoms with Crippen molar-refractivity contribution < 1.29 is 10.2 Å². The maximum absolute atomic E-state index is 9.81. The van der Waals surface area contributed by atoms with E-state index in [0.29, 0.717) is 33.7 Å². The summed E-state index contributed by atoms with van der Waals surface area (Å²) in [6.07, 6.45) is 1.33. The van der Waals surface area contributed by atoms with E-state index in [4.69, 9.17) is 5.73 Å². The summed E-state index contributed by atoms with van der Waals surface area (Å²) >= 11 is 0. The molecule has 0 fully saturated rings. The van der Waals surface area contributed by atoms with Crippen LogP contribution in [0.25, 0.3) is 33.7 Å². The van der Waals surface area contributed by atoms with Crippen molar-refractivity contribution in [2.24, 2.45) is 0 Å². The monoisotopic (exact) mass is 367 g/mol. The van der Waals surface area contributed by atoms with E-state index < -0.39 is 0 Å². The van der Waals surface area contributed by atoms with Crippen molar-refractivity contribution in [2.75, 3.05) is 5.73 Å². The molecule has 0 unspecified atom stereocenters. The van der Waals surface area contributed by atoms with Gasteiger partial charge in [0, 0.05) is 11.1 Å². The number of anilines is 1. The molecule has 8 heteroatoms. The van der Waals surface area contributed by atoms with Gasteiger partial charge in [-0.25, -0.2) is 19.9 Å². The van der Waals surface area contributed by atoms with Crippen LogP contribution in [0.2, 0.25) is 0 Å². The molecule has 2 heterocycles. The van der Waals surface area contributed by atoms with Crippen molar-refractivity contribution in [3.63, 3.8) is 0 Å². The Kier molecular flexibility index (Phi) is 4.55. The molecule has 0 saturated carbocycles. The number of nitrogens with zero attached hydrogens (tertiary/aromatic N) is 4. The highest BCUT2D eigenvalue weighted by Gasteiger charge is 2.16. The van der Waals surface area contributed by atoms with Gasteiger partial charge >= 0.3 is 0 Å². The number of halogens is 1. The lowest BCUT2D eigenvalue weighted by Gasteiger charge is -2.11. The third-order valence-electron chi connectivity index (χ3n) is 3.74. The van der Waals surface area contributed by atoms with E-state index >= 15 is 0 Å². The van der Waals surface area contributed by atoms with E-state index in [1.54, 1.807) is 36.4 Å². The molecule has 0 atom stereocenters. The highest BCUT2D eigenvalue weighted by Crippen LogP contribution is 2.33. The Labute approximate surface area is 154 Å². The summed E-state index contributed by atoms with van der Waals surface area (Å²) in [4.78, 5) is 17.2. The molecule has 2 aromatic heterocycles. The maximum Gasteiger partial charge on any atom is 0.184 e. The number of hydrogen-bond acceptors (Lipinski definition) is 7. The van der Waals surface area contributed by atoms with Gasteiger partial charge in [0.25, 0.3) is 0 Å². The van der Waals surface area contributed by atoms with Gasteiger partial charge in [-0.05, 0) is 24.3 Å². The first kappa shape index (κ1) is 17.4. The number of nitrogen functional groups attached to an aromatic ring is 1. The molecule has 0 saturated heterocycles. The summed E-state index contributed by atoms with van der Waals surface area (Å²) < 4.78 is 0. The average molecular weight is 368 g/mol. The number of rotatable bonds is 2. The number of fused-ring (bicyclic) bond motifs is 1. The fourth-order valence-corrected chi connectivity index (χ4v) is 2.60. The van der Waals surface area contributed by atoms with Gasteiger partial charge in [0.15, 0.2) is 17.0 Å². The molecular formula is C18H14ClN5O2. The van der Waals surface area contributed by atoms with Gasteiger partial charge in [0.05, 0.1) is 11.4 Å². The molecule has 0 radical (unpaired) electrons. The second kappa shape index (κ2) is 6.81. The molecule has 7 nitrogen and oxygen atoms in total. The van der Waals surface area contributed by atoms with Crippen molar-refractivity contribution in [1.82, 2.24) is 19.9 Å². The van der Waals surface area contributed by atoms with Crippen LogP contribution >= 0.6 is 12.4 Å². The molecule has 0 amide bonds. The van der Waals surface area contributed by atoms with Crippen LogP contribution in [0.15, 0.2) is 54.9 Å². The van der Waals surface area contributed by atoms with Crippen LogP contribution in [0.1, 0.15) is 0 Å². The molecule has 0 aliphatic carbocycles. The van der Waals surface area contributed by atoms with Crippen LogP contribution in [0.5, 0.6) is 11.5 Å². The predicted octanol–water partition coefficient (Wildman–Crippen LogP) is 3.17. The number of nitrogens with two attached hydrogens (primary N) is 1. The molecule has 0 bridgehead atoms. The molecule has 130 valence electrons. The Hall–Kier alpha value is -3.45. The van der Waals surface area contributed by atoms with Crippen LogP contribution in [-0.4, -0.2) is 30.1 Å². The van der Waals surface area contributed by atoms with Crippen LogP contribution in [0.4, 0.5) is 5.82 Å². The lowest BCUT2D eigenvalue weighted by molar-refractivity contribution is 0.475. The largest absolute Gasteiger partial charge is 0.508 e. The van der Waals surface area contributed by atoms with Crippen molar-refractivity contribution in [1.29, 1.82) is 0 Å². The van der Waals surface area contributed by atoms with Crippen molar-refractivity contribution in [3.8, 4) is 34.0 Å². The summed E-state index contributed by atoms with van der Waals surface area (Å²) in [5, 5.41) is 19.6. The minimum absolute atomic E-state index is 0. The Morgan fingerprint density at radius 1 is 0.769 bits per heavy atom. The zero-order valence-corrected chi connectivity index (χ0v) is 14.2. The number of phenolic OH excluding ortho intramolecular Hbond substituents is 2. The maximum atomic E-state index is 9.81. The summed E-state index contributed by atoms with van der Waals surface area (Å²) in [6, 6.07) is 13.4. The number of phenols is 2. The standard InChI is InChI=1S/C18H13N5O2.ClH/c19-17-16-18(21-9-20-17)23-15(11-4-2-6-13(25)8-11)14(22-16)10-3-1-5-12(24)7-10;/h1-9,24-25H,(H2,19,20,21,23);1H. The molecule has 0 aliphatic rings. The normalized spacial score (nSPS) is 10.5. The van der Waals surface area contributed by atoms with Gasteiger partial charge in [0.1, 0.15) is 17.8 Å². The van der Waals surface area contributed by atoms with Gasteiger partial charge in [-0.2, -0.15) is 0 Å². The Balaban J connectivity index is 0.00000196. The van der Waals surface area contributed by atoms with E-state index in [1.807, 2.05) is 12.1 Å². The van der Waals surface area contributed by atoms with Gasteiger partial charge < -0.3 is 15.9 Å². The third-order valence-corrected chi connectivity index (χ3v) is 3.74. The molecule has 4 N–H and O–H groups in total. The van der Waals surface area contributed by atoms with Gasteiger partial charge in [0.2, 0.25) is 0 Å². The first-order valence-electron chi connectivity index (χ1n) is 7.49. The van der Waals surface area contributed by atoms with E-state index in [2.05, 4.69) is 19.9 Å². The molecule has 0 aliphatic heterocycles. The smallest absolute Gasteiger partial charge is 0.184 e. The zero-order valence-electron chi connectivity index (χ0n) is 13.4. The van der Waals surface area contributed by atoms with E-state index in [0.717, 1.165) is 0 Å². The lowest BCUT2D eigenvalue weighted by atomic mass is 10.0. The minimum Gasteiger partial charge on any atom is -0.508 e. The van der Waals surface area contributed by atoms with Gasteiger partial charge in [-0.3, -0.25) is 0 Å². The first-order chi connectivity index (χ1) is 12.1. The van der Waals surface area contributed by atoms with Crippen LogP contribution in [0, 0.1) is 0 Å². The second-order valence-corrected chi connectivity index (χ2v) is 5.45. The fourth-order valence-electron chi connectivity index (χ4n) is 2.60. The average Bonchev–Trinajstić information content (AvgIpc) is 2.61. The predicted molar refractivity (Wildman–Crippen MR) is 101 cm³/mol. The third kappa shape index (κ3) is 3.07. The quantitative estimate of drug-likeness (QED) is 0.498. The lowest BCUT2D eigenvalue weighted by Crippen LogP contribution is -2.01. The van der Waals surface area contributed by atoms with Gasteiger partial charge in [-0.1, -0.05) is 24.3 Å². The summed E-state index contributed by atoms with van der Waals surface area (Å²) in [6.45, 7) is 0. The molecule has 4 aromatic rings. The topological polar surface area (TPSA) is 118 Å². The van der Waals surface area contributed by atoms with E-state index in [9.17, 15) is 10.2 Å². The number of aromatic hydroxyl groups is 2. The van der Waals surface area contributed by atoms with Crippen molar-refractivity contribution >= 4 is 29.4 Å². The number of hydrogen-bond donors (Lipinski definition) is 3. The summed E-state index contributed by atoms with van der Waals surface area (Å²) in [5.74, 6) is 0.448. The SMILES string of the molecule is Cl.Nc1ncnc2nc(-c3cccc(O)c3)c(-c3cccc(O)c3)nc12. The van der Waals surface area contributed by atoms with Crippen LogP contribution < -0.4 is 5.73 Å². The summed E-state index contributed by atoms with van der Waals surface area (Å²) in [7, 11) is 0. The fraction of sp³-hybridized carbons (Fsp3) is 0.